The molecule has 36 heavy (non-hydrogen) atoms. The van der Waals surface area contributed by atoms with Crippen molar-refractivity contribution in [2.75, 3.05) is 6.54 Å². The second-order valence-electron chi connectivity index (χ2n) is 8.41. The number of likely N-dealkylation sites (N-methyl/N-ethyl adjacent to an activating group) is 1. The van der Waals surface area contributed by atoms with Crippen LogP contribution in [0, 0.1) is 5.82 Å². The summed E-state index contributed by atoms with van der Waals surface area (Å²) >= 11 is 0. The molecule has 2 amide bonds. The van der Waals surface area contributed by atoms with Gasteiger partial charge < -0.3 is 15.4 Å². The van der Waals surface area contributed by atoms with Gasteiger partial charge in [-0.2, -0.15) is 0 Å². The maximum Gasteiger partial charge on any atom is 0.407 e. The molecule has 1 heterocycles. The van der Waals surface area contributed by atoms with Gasteiger partial charge in [0.05, 0.1) is 5.69 Å². The minimum Gasteiger partial charge on any atom is -0.445 e. The zero-order chi connectivity index (χ0) is 25.4. The van der Waals surface area contributed by atoms with Gasteiger partial charge in [0.2, 0.25) is 5.91 Å². The Labute approximate surface area is 209 Å². The number of amides is 2. The molecule has 4 rings (SSSR count). The molecule has 0 bridgehead atoms. The lowest BCUT2D eigenvalue weighted by Crippen LogP contribution is -2.46. The van der Waals surface area contributed by atoms with Crippen LogP contribution >= 0.6 is 0 Å². The van der Waals surface area contributed by atoms with Crippen molar-refractivity contribution in [2.45, 2.75) is 31.9 Å². The van der Waals surface area contributed by atoms with E-state index in [4.69, 9.17) is 4.74 Å². The Hall–Kier alpha value is -4.26. The molecular formula is C29H28FN3O3. The number of hydrogen-bond acceptors (Lipinski definition) is 4. The minimum absolute atomic E-state index is 0.0314. The van der Waals surface area contributed by atoms with Crippen LogP contribution in [0.4, 0.5) is 9.18 Å². The van der Waals surface area contributed by atoms with E-state index in [0.717, 1.165) is 16.7 Å². The van der Waals surface area contributed by atoms with E-state index in [0.29, 0.717) is 24.2 Å². The lowest BCUT2D eigenvalue weighted by atomic mass is 9.68. The first-order valence-electron chi connectivity index (χ1n) is 11.8. The van der Waals surface area contributed by atoms with Crippen molar-refractivity contribution in [1.29, 1.82) is 0 Å². The highest BCUT2D eigenvalue weighted by atomic mass is 19.1. The average Bonchev–Trinajstić information content (AvgIpc) is 2.92. The number of benzene rings is 2. The van der Waals surface area contributed by atoms with E-state index in [-0.39, 0.29) is 24.9 Å². The third kappa shape index (κ3) is 5.35. The first kappa shape index (κ1) is 24.9. The Bertz CT molecular complexity index is 1270. The first-order valence-corrected chi connectivity index (χ1v) is 11.8. The van der Waals surface area contributed by atoms with Gasteiger partial charge in [0.15, 0.2) is 0 Å². The van der Waals surface area contributed by atoms with Crippen molar-refractivity contribution in [1.82, 2.24) is 15.6 Å². The maximum absolute atomic E-state index is 13.6. The summed E-state index contributed by atoms with van der Waals surface area (Å²) in [6, 6.07) is 19.0. The molecule has 2 aromatic carbocycles. The predicted molar refractivity (Wildman–Crippen MR) is 136 cm³/mol. The number of hydrogen-bond donors (Lipinski definition) is 2. The predicted octanol–water partition coefficient (Wildman–Crippen LogP) is 5.06. The fourth-order valence-electron chi connectivity index (χ4n) is 4.37. The van der Waals surface area contributed by atoms with Gasteiger partial charge in [-0.15, -0.1) is 0 Å². The molecule has 1 atom stereocenters. The number of aromatic nitrogens is 1. The lowest BCUT2D eigenvalue weighted by molar-refractivity contribution is -0.124. The quantitative estimate of drug-likeness (QED) is 0.467. The Morgan fingerprint density at radius 3 is 2.56 bits per heavy atom. The van der Waals surface area contributed by atoms with Crippen molar-refractivity contribution in [3.05, 3.63) is 119 Å². The minimum atomic E-state index is -1.01. The highest BCUT2D eigenvalue weighted by Gasteiger charge is 2.45. The molecule has 1 unspecified atom stereocenters. The summed E-state index contributed by atoms with van der Waals surface area (Å²) in [6.45, 7) is 2.62. The van der Waals surface area contributed by atoms with Crippen molar-refractivity contribution >= 4 is 17.6 Å². The summed E-state index contributed by atoms with van der Waals surface area (Å²) in [6.07, 6.45) is 7.42. The van der Waals surface area contributed by atoms with Crippen LogP contribution in [0.3, 0.4) is 0 Å². The number of pyridine rings is 1. The van der Waals surface area contributed by atoms with Gasteiger partial charge in [0, 0.05) is 19.3 Å². The molecule has 0 aliphatic heterocycles. The summed E-state index contributed by atoms with van der Waals surface area (Å²) in [5.41, 5.74) is 2.83. The van der Waals surface area contributed by atoms with Crippen molar-refractivity contribution < 1.29 is 18.7 Å². The number of nitrogens with zero attached hydrogens (tertiary/aromatic N) is 1. The lowest BCUT2D eigenvalue weighted by Gasteiger charge is -2.36. The van der Waals surface area contributed by atoms with E-state index in [1.165, 1.54) is 12.1 Å². The average molecular weight is 486 g/mol. The molecule has 0 radical (unpaired) electrons. The van der Waals surface area contributed by atoms with Crippen LogP contribution in [-0.2, 0) is 28.1 Å². The molecule has 0 saturated carbocycles. The molecule has 1 aliphatic rings. The van der Waals surface area contributed by atoms with E-state index >= 15 is 0 Å². The van der Waals surface area contributed by atoms with E-state index in [9.17, 15) is 14.0 Å². The molecule has 0 spiro atoms. The third-order valence-electron chi connectivity index (χ3n) is 6.12. The SMILES string of the molecule is CCNC(=O)C1(c2ccccn2)CC=CC=C1c1ccccc1CNC(=O)OCc1ccc(F)cc1. The maximum atomic E-state index is 13.6. The van der Waals surface area contributed by atoms with Gasteiger partial charge in [-0.05, 0) is 59.9 Å². The number of carbonyl (C=O) groups is 2. The Morgan fingerprint density at radius 1 is 1.03 bits per heavy atom. The number of nitrogens with one attached hydrogen (secondary N) is 2. The molecule has 2 N–H and O–H groups in total. The summed E-state index contributed by atoms with van der Waals surface area (Å²) in [5.74, 6) is -0.471. The summed E-state index contributed by atoms with van der Waals surface area (Å²) in [5, 5.41) is 5.78. The second kappa shape index (κ2) is 11.4. The fourth-order valence-corrected chi connectivity index (χ4v) is 4.37. The van der Waals surface area contributed by atoms with Crippen LogP contribution in [-0.4, -0.2) is 23.5 Å². The standard InChI is InChI=1S/C29H28FN3O3/c1-2-31-27(34)29(26-12-6-8-18-32-26)17-7-5-11-25(29)24-10-4-3-9-22(24)19-33-28(35)36-20-21-13-15-23(30)16-14-21/h3-16,18H,2,17,19-20H2,1H3,(H,31,34)(H,33,35). The normalized spacial score (nSPS) is 16.7. The Kier molecular flexibility index (Phi) is 7.90. The monoisotopic (exact) mass is 485 g/mol. The molecule has 184 valence electrons. The van der Waals surface area contributed by atoms with Gasteiger partial charge in [-0.1, -0.05) is 60.7 Å². The molecular weight excluding hydrogens is 457 g/mol. The molecule has 3 aromatic rings. The number of rotatable bonds is 8. The van der Waals surface area contributed by atoms with E-state index in [2.05, 4.69) is 15.6 Å². The number of carbonyl (C=O) groups excluding carboxylic acids is 2. The topological polar surface area (TPSA) is 80.3 Å². The highest BCUT2D eigenvalue weighted by molar-refractivity contribution is 6.03. The molecule has 1 aromatic heterocycles. The van der Waals surface area contributed by atoms with Gasteiger partial charge in [-0.25, -0.2) is 9.18 Å². The van der Waals surface area contributed by atoms with E-state index in [1.807, 2.05) is 67.6 Å². The molecule has 1 aliphatic carbocycles. The first-order chi connectivity index (χ1) is 17.5. The van der Waals surface area contributed by atoms with Crippen LogP contribution in [0.5, 0.6) is 0 Å². The van der Waals surface area contributed by atoms with Crippen LogP contribution < -0.4 is 10.6 Å². The van der Waals surface area contributed by atoms with Crippen LogP contribution in [0.2, 0.25) is 0 Å². The van der Waals surface area contributed by atoms with E-state index < -0.39 is 11.5 Å². The fraction of sp³-hybridized carbons (Fsp3) is 0.207. The zero-order valence-electron chi connectivity index (χ0n) is 20.0. The van der Waals surface area contributed by atoms with Crippen LogP contribution in [0.1, 0.15) is 35.7 Å². The summed E-state index contributed by atoms with van der Waals surface area (Å²) in [4.78, 5) is 30.5. The number of halogens is 1. The molecule has 0 fully saturated rings. The second-order valence-corrected chi connectivity index (χ2v) is 8.41. The van der Waals surface area contributed by atoms with Gasteiger partial charge in [0.25, 0.3) is 0 Å². The Morgan fingerprint density at radius 2 is 1.81 bits per heavy atom. The van der Waals surface area contributed by atoms with Crippen molar-refractivity contribution in [2.24, 2.45) is 0 Å². The van der Waals surface area contributed by atoms with Gasteiger partial charge in [-0.3, -0.25) is 9.78 Å². The Balaban J connectivity index is 1.58. The van der Waals surface area contributed by atoms with Crippen LogP contribution in [0.15, 0.2) is 91.2 Å². The number of allylic oxidation sites excluding steroid dienone is 3. The van der Waals surface area contributed by atoms with Crippen LogP contribution in [0.25, 0.3) is 5.57 Å². The molecule has 6 nitrogen and oxygen atoms in total. The van der Waals surface area contributed by atoms with Crippen molar-refractivity contribution in [3.8, 4) is 0 Å². The summed E-state index contributed by atoms with van der Waals surface area (Å²) < 4.78 is 18.4. The van der Waals surface area contributed by atoms with E-state index in [1.54, 1.807) is 18.3 Å². The third-order valence-corrected chi connectivity index (χ3v) is 6.12. The van der Waals surface area contributed by atoms with Gasteiger partial charge in [0.1, 0.15) is 17.8 Å². The van der Waals surface area contributed by atoms with Crippen molar-refractivity contribution in [3.63, 3.8) is 0 Å². The largest absolute Gasteiger partial charge is 0.445 e. The molecule has 7 heteroatoms. The zero-order valence-corrected chi connectivity index (χ0v) is 20.0. The smallest absolute Gasteiger partial charge is 0.407 e. The highest BCUT2D eigenvalue weighted by Crippen LogP contribution is 2.44. The number of ether oxygens (including phenoxy) is 1. The van der Waals surface area contributed by atoms with Gasteiger partial charge >= 0.3 is 6.09 Å². The number of alkyl carbamates (subject to hydrolysis) is 1. The summed E-state index contributed by atoms with van der Waals surface area (Å²) in [7, 11) is 0. The molecule has 0 saturated heterocycles.